The molecule has 1 aliphatic rings. The minimum Gasteiger partial charge on any atom is -0.479 e. The second-order valence-corrected chi connectivity index (χ2v) is 7.75. The molecule has 0 spiro atoms. The first-order valence-corrected chi connectivity index (χ1v) is 10.1. The molecular formula is C21H18ClNO5S. The van der Waals surface area contributed by atoms with Crippen LogP contribution in [0, 0.1) is 0 Å². The molecule has 1 atom stereocenters. The summed E-state index contributed by atoms with van der Waals surface area (Å²) in [5.41, 5.74) is 1.44. The fourth-order valence-corrected chi connectivity index (χ4v) is 3.67. The predicted octanol–water partition coefficient (Wildman–Crippen LogP) is 4.82. The Morgan fingerprint density at radius 1 is 1.24 bits per heavy atom. The average molecular weight is 432 g/mol. The number of carboxylic acids is 1. The predicted molar refractivity (Wildman–Crippen MR) is 112 cm³/mol. The number of hydrogen-bond acceptors (Lipinski definition) is 5. The molecule has 1 saturated heterocycles. The molecule has 29 heavy (non-hydrogen) atoms. The van der Waals surface area contributed by atoms with Crippen molar-refractivity contribution in [2.24, 2.45) is 0 Å². The molecule has 1 heterocycles. The third-order valence-corrected chi connectivity index (χ3v) is 5.37. The van der Waals surface area contributed by atoms with Gasteiger partial charge < -0.3 is 9.84 Å². The Labute approximate surface area is 177 Å². The highest BCUT2D eigenvalue weighted by molar-refractivity contribution is 8.18. The Morgan fingerprint density at radius 2 is 1.97 bits per heavy atom. The van der Waals surface area contributed by atoms with Crippen molar-refractivity contribution in [1.29, 1.82) is 0 Å². The summed E-state index contributed by atoms with van der Waals surface area (Å²) in [6.07, 6.45) is 0.974. The zero-order valence-corrected chi connectivity index (χ0v) is 17.1. The third kappa shape index (κ3) is 5.19. The van der Waals surface area contributed by atoms with Crippen molar-refractivity contribution in [3.8, 4) is 5.75 Å². The fraction of sp³-hybridized carbons (Fsp3) is 0.190. The SMILES string of the molecule is CCC(Oc1cccc(/C=C2/SC(=O)N(Cc3ccc(Cl)cc3)C2=O)c1)C(=O)O. The standard InChI is InChI=1S/C21H18ClNO5S/c1-2-17(20(25)26)28-16-5-3-4-14(10-16)11-18-19(24)23(21(27)29-18)12-13-6-8-15(22)9-7-13/h3-11,17H,2,12H2,1H3,(H,25,26)/b18-11+. The highest BCUT2D eigenvalue weighted by atomic mass is 35.5. The number of imide groups is 1. The van der Waals surface area contributed by atoms with Crippen LogP contribution >= 0.6 is 23.4 Å². The van der Waals surface area contributed by atoms with Crippen LogP contribution in [0.15, 0.2) is 53.4 Å². The zero-order chi connectivity index (χ0) is 21.0. The number of amides is 2. The van der Waals surface area contributed by atoms with Crippen molar-refractivity contribution in [3.05, 3.63) is 69.6 Å². The minimum atomic E-state index is -1.04. The monoisotopic (exact) mass is 431 g/mol. The van der Waals surface area contributed by atoms with Gasteiger partial charge >= 0.3 is 5.97 Å². The molecule has 0 saturated carbocycles. The molecule has 0 radical (unpaired) electrons. The molecular weight excluding hydrogens is 414 g/mol. The van der Waals surface area contributed by atoms with E-state index < -0.39 is 12.1 Å². The number of carbonyl (C=O) groups excluding carboxylic acids is 2. The molecule has 2 aromatic rings. The Kier molecular flexibility index (Phi) is 6.61. The molecule has 1 unspecified atom stereocenters. The van der Waals surface area contributed by atoms with Gasteiger partial charge in [0.2, 0.25) is 0 Å². The van der Waals surface area contributed by atoms with E-state index in [0.717, 1.165) is 17.3 Å². The van der Waals surface area contributed by atoms with E-state index in [-0.39, 0.29) is 17.7 Å². The van der Waals surface area contributed by atoms with Gasteiger partial charge in [-0.3, -0.25) is 14.5 Å². The molecule has 0 aromatic heterocycles. The normalized spacial score (nSPS) is 16.3. The Balaban J connectivity index is 1.76. The lowest BCUT2D eigenvalue weighted by molar-refractivity contribution is -0.145. The summed E-state index contributed by atoms with van der Waals surface area (Å²) >= 11 is 6.73. The van der Waals surface area contributed by atoms with Gasteiger partial charge in [-0.25, -0.2) is 4.79 Å². The molecule has 8 heteroatoms. The number of rotatable bonds is 7. The largest absolute Gasteiger partial charge is 0.479 e. The number of nitrogens with zero attached hydrogens (tertiary/aromatic N) is 1. The Morgan fingerprint density at radius 3 is 2.62 bits per heavy atom. The van der Waals surface area contributed by atoms with E-state index in [1.165, 1.54) is 4.90 Å². The number of ether oxygens (including phenoxy) is 1. The van der Waals surface area contributed by atoms with Gasteiger partial charge in [-0.15, -0.1) is 0 Å². The second kappa shape index (κ2) is 9.15. The fourth-order valence-electron chi connectivity index (χ4n) is 2.71. The quantitative estimate of drug-likeness (QED) is 0.633. The molecule has 3 rings (SSSR count). The van der Waals surface area contributed by atoms with Gasteiger partial charge in [-0.2, -0.15) is 0 Å². The van der Waals surface area contributed by atoms with Gasteiger partial charge in [0.15, 0.2) is 6.10 Å². The molecule has 150 valence electrons. The Hall–Kier alpha value is -2.77. The topological polar surface area (TPSA) is 83.9 Å². The smallest absolute Gasteiger partial charge is 0.344 e. The zero-order valence-electron chi connectivity index (χ0n) is 15.5. The lowest BCUT2D eigenvalue weighted by Gasteiger charge is -2.13. The highest BCUT2D eigenvalue weighted by Crippen LogP contribution is 2.33. The van der Waals surface area contributed by atoms with Crippen molar-refractivity contribution in [2.75, 3.05) is 0 Å². The molecule has 1 N–H and O–H groups in total. The summed E-state index contributed by atoms with van der Waals surface area (Å²) in [7, 11) is 0. The number of aliphatic carboxylic acids is 1. The lowest BCUT2D eigenvalue weighted by atomic mass is 10.2. The highest BCUT2D eigenvalue weighted by Gasteiger charge is 2.35. The molecule has 0 bridgehead atoms. The van der Waals surface area contributed by atoms with Crippen LogP contribution in [0.4, 0.5) is 4.79 Å². The van der Waals surface area contributed by atoms with Crippen LogP contribution in [0.25, 0.3) is 6.08 Å². The summed E-state index contributed by atoms with van der Waals surface area (Å²) in [4.78, 5) is 37.6. The van der Waals surface area contributed by atoms with Crippen LogP contribution in [-0.2, 0) is 16.1 Å². The number of halogens is 1. The van der Waals surface area contributed by atoms with E-state index in [4.69, 9.17) is 21.4 Å². The number of benzene rings is 2. The van der Waals surface area contributed by atoms with Crippen LogP contribution in [-0.4, -0.2) is 33.2 Å². The first-order chi connectivity index (χ1) is 13.9. The summed E-state index contributed by atoms with van der Waals surface area (Å²) in [5, 5.41) is 9.36. The average Bonchev–Trinajstić information content (AvgIpc) is 2.95. The van der Waals surface area contributed by atoms with Crippen molar-refractivity contribution in [3.63, 3.8) is 0 Å². The molecule has 1 aliphatic heterocycles. The van der Waals surface area contributed by atoms with Crippen LogP contribution in [0.3, 0.4) is 0 Å². The second-order valence-electron chi connectivity index (χ2n) is 6.32. The molecule has 1 fully saturated rings. The lowest BCUT2D eigenvalue weighted by Crippen LogP contribution is -2.27. The van der Waals surface area contributed by atoms with Gasteiger partial charge in [-0.1, -0.05) is 42.8 Å². The summed E-state index contributed by atoms with van der Waals surface area (Å²) < 4.78 is 5.48. The van der Waals surface area contributed by atoms with Gasteiger partial charge in [0, 0.05) is 5.02 Å². The van der Waals surface area contributed by atoms with Crippen molar-refractivity contribution in [1.82, 2.24) is 4.90 Å². The summed E-state index contributed by atoms with van der Waals surface area (Å²) in [6, 6.07) is 13.7. The third-order valence-electron chi connectivity index (χ3n) is 4.21. The van der Waals surface area contributed by atoms with Gasteiger partial charge in [-0.05, 0) is 59.7 Å². The van der Waals surface area contributed by atoms with E-state index in [9.17, 15) is 14.4 Å². The maximum atomic E-state index is 12.7. The van der Waals surface area contributed by atoms with E-state index >= 15 is 0 Å². The first-order valence-electron chi connectivity index (χ1n) is 8.86. The number of carbonyl (C=O) groups is 3. The maximum Gasteiger partial charge on any atom is 0.344 e. The van der Waals surface area contributed by atoms with E-state index in [2.05, 4.69) is 0 Å². The van der Waals surface area contributed by atoms with Crippen LogP contribution in [0.2, 0.25) is 5.02 Å². The van der Waals surface area contributed by atoms with Crippen molar-refractivity contribution < 1.29 is 24.2 Å². The summed E-state index contributed by atoms with van der Waals surface area (Å²) in [6.45, 7) is 1.89. The van der Waals surface area contributed by atoms with Crippen LogP contribution in [0.1, 0.15) is 24.5 Å². The van der Waals surface area contributed by atoms with E-state index in [1.54, 1.807) is 61.5 Å². The van der Waals surface area contributed by atoms with Crippen LogP contribution in [0.5, 0.6) is 5.75 Å². The van der Waals surface area contributed by atoms with Crippen molar-refractivity contribution >= 4 is 46.6 Å². The molecule has 0 aliphatic carbocycles. The molecule has 2 amide bonds. The minimum absolute atomic E-state index is 0.166. The number of hydrogen-bond donors (Lipinski definition) is 1. The number of carboxylic acid groups (broad SMARTS) is 1. The first kappa shape index (κ1) is 21.0. The Bertz CT molecular complexity index is 973. The number of thioether (sulfide) groups is 1. The van der Waals surface area contributed by atoms with Gasteiger partial charge in [0.25, 0.3) is 11.1 Å². The maximum absolute atomic E-state index is 12.7. The van der Waals surface area contributed by atoms with Gasteiger partial charge in [0.05, 0.1) is 11.4 Å². The van der Waals surface area contributed by atoms with Crippen LogP contribution < -0.4 is 4.74 Å². The van der Waals surface area contributed by atoms with E-state index in [0.29, 0.717) is 27.7 Å². The molecule has 6 nitrogen and oxygen atoms in total. The molecule has 2 aromatic carbocycles. The van der Waals surface area contributed by atoms with E-state index in [1.807, 2.05) is 0 Å². The van der Waals surface area contributed by atoms with Crippen molar-refractivity contribution in [2.45, 2.75) is 26.0 Å². The summed E-state index contributed by atoms with van der Waals surface area (Å²) in [5.74, 6) is -1.03. The van der Waals surface area contributed by atoms with Gasteiger partial charge in [0.1, 0.15) is 5.75 Å².